The molecule has 4 aromatic rings. The van der Waals surface area contributed by atoms with Crippen molar-refractivity contribution in [2.75, 3.05) is 23.8 Å². The molecular weight excluding hydrogens is 388 g/mol. The molecule has 0 radical (unpaired) electrons. The number of fused-ring (bicyclic) bond motifs is 1. The summed E-state index contributed by atoms with van der Waals surface area (Å²) in [5.74, 6) is -0.427. The topological polar surface area (TPSA) is 77.2 Å². The fraction of sp³-hybridized carbons (Fsp3) is 0.120. The molecular formula is C25H24N4O2. The minimum Gasteiger partial charge on any atom is -0.365 e. The molecule has 4 rings (SSSR count). The first-order valence-electron chi connectivity index (χ1n) is 10.1. The number of anilines is 2. The van der Waals surface area contributed by atoms with Gasteiger partial charge in [0.25, 0.3) is 5.91 Å². The number of nitrogens with zero attached hydrogens (tertiary/aromatic N) is 1. The molecule has 0 unspecified atom stereocenters. The van der Waals surface area contributed by atoms with Gasteiger partial charge in [0, 0.05) is 36.4 Å². The van der Waals surface area contributed by atoms with Crippen LogP contribution in [-0.2, 0) is 11.3 Å². The molecule has 1 aromatic heterocycles. The van der Waals surface area contributed by atoms with Crippen LogP contribution in [0.25, 0.3) is 10.9 Å². The third kappa shape index (κ3) is 4.75. The highest BCUT2D eigenvalue weighted by Crippen LogP contribution is 2.19. The number of H-pyrrole nitrogens is 1. The summed E-state index contributed by atoms with van der Waals surface area (Å²) in [6, 6.07) is 24.6. The summed E-state index contributed by atoms with van der Waals surface area (Å²) >= 11 is 0. The lowest BCUT2D eigenvalue weighted by atomic mass is 10.1. The zero-order valence-electron chi connectivity index (χ0n) is 17.3. The molecule has 0 aliphatic rings. The van der Waals surface area contributed by atoms with E-state index in [-0.39, 0.29) is 18.4 Å². The van der Waals surface area contributed by atoms with Crippen molar-refractivity contribution in [3.05, 3.63) is 96.2 Å². The minimum atomic E-state index is -0.236. The van der Waals surface area contributed by atoms with Gasteiger partial charge in [-0.05, 0) is 42.0 Å². The van der Waals surface area contributed by atoms with E-state index in [1.807, 2.05) is 72.7 Å². The number of carbonyl (C=O) groups is 2. The van der Waals surface area contributed by atoms with E-state index in [4.69, 9.17) is 0 Å². The van der Waals surface area contributed by atoms with Gasteiger partial charge >= 0.3 is 0 Å². The Morgan fingerprint density at radius 3 is 2.52 bits per heavy atom. The highest BCUT2D eigenvalue weighted by molar-refractivity contribution is 6.04. The van der Waals surface area contributed by atoms with Crippen molar-refractivity contribution in [1.82, 2.24) is 10.3 Å². The minimum absolute atomic E-state index is 0.176. The number of aromatic nitrogens is 1. The molecule has 0 saturated carbocycles. The molecule has 0 saturated heterocycles. The van der Waals surface area contributed by atoms with Gasteiger partial charge < -0.3 is 20.5 Å². The number of para-hydroxylation sites is 2. The van der Waals surface area contributed by atoms with Crippen LogP contribution in [0.3, 0.4) is 0 Å². The van der Waals surface area contributed by atoms with E-state index in [1.165, 1.54) is 0 Å². The third-order valence-corrected chi connectivity index (χ3v) is 5.15. The summed E-state index contributed by atoms with van der Waals surface area (Å²) in [5, 5.41) is 6.91. The number of aromatic amines is 1. The monoisotopic (exact) mass is 412 g/mol. The van der Waals surface area contributed by atoms with Crippen LogP contribution in [0.15, 0.2) is 85.1 Å². The van der Waals surface area contributed by atoms with Crippen molar-refractivity contribution in [1.29, 1.82) is 0 Å². The van der Waals surface area contributed by atoms with E-state index in [9.17, 15) is 9.59 Å². The van der Waals surface area contributed by atoms with E-state index < -0.39 is 0 Å². The Hall–Kier alpha value is -4.06. The zero-order chi connectivity index (χ0) is 21.6. The SMILES string of the molecule is CN(CC(=O)Nc1ccccc1C(=O)NCc1cccc2[nH]ccc12)c1ccccc1. The molecule has 3 N–H and O–H groups in total. The molecule has 0 aliphatic heterocycles. The molecule has 0 atom stereocenters. The Morgan fingerprint density at radius 2 is 1.68 bits per heavy atom. The predicted octanol–water partition coefficient (Wildman–Crippen LogP) is 4.17. The fourth-order valence-electron chi connectivity index (χ4n) is 3.54. The fourth-order valence-corrected chi connectivity index (χ4v) is 3.54. The second kappa shape index (κ2) is 9.17. The van der Waals surface area contributed by atoms with Crippen molar-refractivity contribution < 1.29 is 9.59 Å². The van der Waals surface area contributed by atoms with Crippen LogP contribution >= 0.6 is 0 Å². The van der Waals surface area contributed by atoms with Crippen LogP contribution in [0.1, 0.15) is 15.9 Å². The number of benzene rings is 3. The van der Waals surface area contributed by atoms with Gasteiger partial charge in [0.2, 0.25) is 5.91 Å². The predicted molar refractivity (Wildman–Crippen MR) is 124 cm³/mol. The first kappa shape index (κ1) is 20.2. The van der Waals surface area contributed by atoms with Gasteiger partial charge in [-0.15, -0.1) is 0 Å². The average Bonchev–Trinajstić information content (AvgIpc) is 3.28. The number of rotatable bonds is 7. The Balaban J connectivity index is 1.42. The summed E-state index contributed by atoms with van der Waals surface area (Å²) in [6.07, 6.45) is 1.88. The first-order chi connectivity index (χ1) is 15.1. The van der Waals surface area contributed by atoms with Crippen LogP contribution in [0.4, 0.5) is 11.4 Å². The van der Waals surface area contributed by atoms with Crippen LogP contribution in [-0.4, -0.2) is 30.4 Å². The van der Waals surface area contributed by atoms with Crippen molar-refractivity contribution in [2.45, 2.75) is 6.54 Å². The van der Waals surface area contributed by atoms with Crippen molar-refractivity contribution >= 4 is 34.1 Å². The van der Waals surface area contributed by atoms with E-state index in [0.29, 0.717) is 17.8 Å². The van der Waals surface area contributed by atoms with Crippen LogP contribution in [0.2, 0.25) is 0 Å². The summed E-state index contributed by atoms with van der Waals surface area (Å²) in [7, 11) is 1.86. The molecule has 0 spiro atoms. The highest BCUT2D eigenvalue weighted by Gasteiger charge is 2.15. The number of hydrogen-bond acceptors (Lipinski definition) is 3. The smallest absolute Gasteiger partial charge is 0.253 e. The van der Waals surface area contributed by atoms with E-state index in [1.54, 1.807) is 24.3 Å². The van der Waals surface area contributed by atoms with Crippen molar-refractivity contribution in [3.63, 3.8) is 0 Å². The second-order valence-corrected chi connectivity index (χ2v) is 7.32. The number of carbonyl (C=O) groups excluding carboxylic acids is 2. The lowest BCUT2D eigenvalue weighted by Gasteiger charge is -2.19. The van der Waals surface area contributed by atoms with E-state index >= 15 is 0 Å². The van der Waals surface area contributed by atoms with Crippen molar-refractivity contribution in [2.24, 2.45) is 0 Å². The number of hydrogen-bond donors (Lipinski definition) is 3. The number of nitrogens with one attached hydrogen (secondary N) is 3. The number of amides is 2. The van der Waals surface area contributed by atoms with Gasteiger partial charge in [-0.3, -0.25) is 9.59 Å². The van der Waals surface area contributed by atoms with Gasteiger partial charge in [0.1, 0.15) is 0 Å². The maximum Gasteiger partial charge on any atom is 0.253 e. The summed E-state index contributed by atoms with van der Waals surface area (Å²) in [4.78, 5) is 30.5. The normalized spacial score (nSPS) is 10.6. The molecule has 0 fully saturated rings. The molecule has 6 nitrogen and oxygen atoms in total. The maximum absolute atomic E-state index is 12.9. The summed E-state index contributed by atoms with van der Waals surface area (Å²) in [5.41, 5.74) is 3.92. The molecule has 0 aliphatic carbocycles. The average molecular weight is 412 g/mol. The lowest BCUT2D eigenvalue weighted by molar-refractivity contribution is -0.114. The first-order valence-corrected chi connectivity index (χ1v) is 10.1. The molecule has 31 heavy (non-hydrogen) atoms. The molecule has 156 valence electrons. The molecule has 0 bridgehead atoms. The van der Waals surface area contributed by atoms with Crippen LogP contribution < -0.4 is 15.5 Å². The van der Waals surface area contributed by atoms with Crippen molar-refractivity contribution in [3.8, 4) is 0 Å². The van der Waals surface area contributed by atoms with E-state index in [2.05, 4.69) is 15.6 Å². The standard InChI is InChI=1S/C25H24N4O2/c1-29(19-9-3-2-4-10-19)17-24(30)28-23-12-6-5-11-21(23)25(31)27-16-18-8-7-13-22-20(18)14-15-26-22/h2-15,26H,16-17H2,1H3,(H,27,31)(H,28,30). The van der Waals surface area contributed by atoms with Gasteiger partial charge in [0.05, 0.1) is 17.8 Å². The van der Waals surface area contributed by atoms with Crippen LogP contribution in [0, 0.1) is 0 Å². The van der Waals surface area contributed by atoms with Gasteiger partial charge in [-0.1, -0.05) is 42.5 Å². The highest BCUT2D eigenvalue weighted by atomic mass is 16.2. The molecule has 2 amide bonds. The summed E-state index contributed by atoms with van der Waals surface area (Å²) < 4.78 is 0. The quantitative estimate of drug-likeness (QED) is 0.426. The maximum atomic E-state index is 12.9. The zero-order valence-corrected chi connectivity index (χ0v) is 17.3. The summed E-state index contributed by atoms with van der Waals surface area (Å²) in [6.45, 7) is 0.572. The Kier molecular flexibility index (Phi) is 5.98. The van der Waals surface area contributed by atoms with E-state index in [0.717, 1.165) is 22.2 Å². The lowest BCUT2D eigenvalue weighted by Crippen LogP contribution is -2.31. The number of likely N-dealkylation sites (N-methyl/N-ethyl adjacent to an activating group) is 1. The molecule has 1 heterocycles. The second-order valence-electron chi connectivity index (χ2n) is 7.32. The Morgan fingerprint density at radius 1 is 0.903 bits per heavy atom. The molecule has 3 aromatic carbocycles. The largest absolute Gasteiger partial charge is 0.365 e. The Labute approximate surface area is 180 Å². The van der Waals surface area contributed by atoms with Gasteiger partial charge in [-0.25, -0.2) is 0 Å². The van der Waals surface area contributed by atoms with Crippen LogP contribution in [0.5, 0.6) is 0 Å². The van der Waals surface area contributed by atoms with Gasteiger partial charge in [-0.2, -0.15) is 0 Å². The molecule has 6 heteroatoms. The third-order valence-electron chi connectivity index (χ3n) is 5.15. The van der Waals surface area contributed by atoms with Gasteiger partial charge in [0.15, 0.2) is 0 Å². The Bertz CT molecular complexity index is 1200.